The quantitative estimate of drug-likeness (QED) is 0.584. The highest BCUT2D eigenvalue weighted by molar-refractivity contribution is 14.2. The van der Waals surface area contributed by atoms with Gasteiger partial charge in [-0.25, -0.2) is 10.9 Å². The zero-order valence-corrected chi connectivity index (χ0v) is 6.78. The molecule has 52 valence electrons. The molecule has 0 spiro atoms. The lowest BCUT2D eigenvalue weighted by molar-refractivity contribution is -0.131. The average Bonchev–Trinajstić information content (AvgIpc) is 1.63. The number of carbonyl (C=O) groups is 1. The Morgan fingerprint density at radius 3 is 2.11 bits per heavy atom. The average molecular weight is 244 g/mol. The third-order valence-corrected chi connectivity index (χ3v) is 2.27. The van der Waals surface area contributed by atoms with Gasteiger partial charge in [0.25, 0.3) is 0 Å². The van der Waals surface area contributed by atoms with E-state index in [1.165, 1.54) is 6.92 Å². The molecule has 5 heteroatoms. The summed E-state index contributed by atoms with van der Waals surface area (Å²) in [6, 6.07) is 0. The van der Waals surface area contributed by atoms with E-state index in [0.29, 0.717) is 6.08 Å². The summed E-state index contributed by atoms with van der Waals surface area (Å²) in [5.41, 5.74) is 0. The van der Waals surface area contributed by atoms with Crippen LogP contribution < -0.4 is 0 Å². The SMILES string of the molecule is C/C(=C/C(=O)O)I(=O)=O. The number of carboxylic acids is 1. The van der Waals surface area contributed by atoms with Gasteiger partial charge >= 0.3 is 25.8 Å². The van der Waals surface area contributed by atoms with Crippen LogP contribution in [-0.2, 0) is 10.9 Å². The van der Waals surface area contributed by atoms with Gasteiger partial charge in [0.2, 0.25) is 0 Å². The molecule has 0 aromatic rings. The molecule has 0 aliphatic heterocycles. The molecule has 0 aromatic heterocycles. The first-order valence-corrected chi connectivity index (χ1v) is 4.84. The number of carboxylic acid groups (broad SMARTS) is 1. The van der Waals surface area contributed by atoms with Gasteiger partial charge in [-0.3, -0.25) is 0 Å². The molecule has 0 saturated heterocycles. The predicted molar refractivity (Wildman–Crippen MR) is 36.8 cm³/mol. The summed E-state index contributed by atoms with van der Waals surface area (Å²) >= 11 is -3.49. The summed E-state index contributed by atoms with van der Waals surface area (Å²) in [5, 5.41) is 8.00. The van der Waals surface area contributed by atoms with Crippen LogP contribution in [0.4, 0.5) is 0 Å². The molecule has 0 atom stereocenters. The van der Waals surface area contributed by atoms with E-state index in [9.17, 15) is 10.9 Å². The molecule has 1 N–H and O–H groups in total. The van der Waals surface area contributed by atoms with Gasteiger partial charge in [0.1, 0.15) is 0 Å². The third-order valence-electron chi connectivity index (χ3n) is 0.566. The van der Waals surface area contributed by atoms with E-state index in [1.54, 1.807) is 0 Å². The minimum atomic E-state index is -3.49. The number of aliphatic carboxylic acids is 1. The van der Waals surface area contributed by atoms with Crippen molar-refractivity contribution in [1.29, 1.82) is 0 Å². The molecule has 0 unspecified atom stereocenters. The van der Waals surface area contributed by atoms with E-state index in [2.05, 4.69) is 0 Å². The second-order valence-corrected chi connectivity index (χ2v) is 4.23. The maximum atomic E-state index is 10.0. The lowest BCUT2D eigenvalue weighted by Gasteiger charge is -1.78. The first-order chi connectivity index (χ1) is 4.04. The van der Waals surface area contributed by atoms with Crippen LogP contribution in [0, 0.1) is 0 Å². The summed E-state index contributed by atoms with van der Waals surface area (Å²) in [6.07, 6.45) is 0.685. The Morgan fingerprint density at radius 1 is 1.56 bits per heavy atom. The summed E-state index contributed by atoms with van der Waals surface area (Å²) < 4.78 is 20.0. The Bertz CT molecular complexity index is 205. The van der Waals surface area contributed by atoms with Crippen molar-refractivity contribution in [3.05, 3.63) is 9.66 Å². The van der Waals surface area contributed by atoms with Crippen molar-refractivity contribution in [3.63, 3.8) is 0 Å². The molecule has 0 radical (unpaired) electrons. The van der Waals surface area contributed by atoms with Crippen LogP contribution in [0.15, 0.2) is 9.66 Å². The number of halogens is 1. The molecule has 0 rings (SSSR count). The first-order valence-electron chi connectivity index (χ1n) is 2.00. The summed E-state index contributed by atoms with van der Waals surface area (Å²) in [6.45, 7) is 1.26. The fraction of sp³-hybridized carbons (Fsp3) is 0.250. The van der Waals surface area contributed by atoms with E-state index >= 15 is 0 Å². The number of hydrogen-bond donors (Lipinski definition) is 1. The standard InChI is InChI=1S/C4H5IO4/c1-3(5(8)9)2-4(6)7/h2H,1H3,(H,6,7)/b3-2-. The van der Waals surface area contributed by atoms with Gasteiger partial charge in [-0.2, -0.15) is 0 Å². The highest BCUT2D eigenvalue weighted by Crippen LogP contribution is 2.17. The smallest absolute Gasteiger partial charge is 0.336 e. The van der Waals surface area contributed by atoms with Crippen LogP contribution in [0.5, 0.6) is 0 Å². The lowest BCUT2D eigenvalue weighted by atomic mass is 10.5. The first kappa shape index (κ1) is 8.54. The van der Waals surface area contributed by atoms with Gasteiger partial charge in [0.05, 0.1) is 3.58 Å². The predicted octanol–water partition coefficient (Wildman–Crippen LogP) is 1.17. The molecule has 0 bridgehead atoms. The Hall–Kier alpha value is -0.460. The maximum absolute atomic E-state index is 10.0. The van der Waals surface area contributed by atoms with E-state index in [1.807, 2.05) is 0 Å². The molecule has 0 heterocycles. The van der Waals surface area contributed by atoms with Crippen LogP contribution in [0.25, 0.3) is 0 Å². The topological polar surface area (TPSA) is 71.4 Å². The number of allylic oxidation sites excluding steroid dienone is 1. The zero-order valence-electron chi connectivity index (χ0n) is 4.63. The van der Waals surface area contributed by atoms with Crippen molar-refractivity contribution < 1.29 is 16.0 Å². The van der Waals surface area contributed by atoms with Crippen molar-refractivity contribution in [3.8, 4) is 0 Å². The van der Waals surface area contributed by atoms with Gasteiger partial charge < -0.3 is 5.11 Å². The molecular formula is C4H5IO4. The Morgan fingerprint density at radius 2 is 2.00 bits per heavy atom. The number of hydrogen-bond acceptors (Lipinski definition) is 3. The second-order valence-electron chi connectivity index (χ2n) is 1.29. The minimum Gasteiger partial charge on any atom is -0.478 e. The van der Waals surface area contributed by atoms with Gasteiger partial charge in [0, 0.05) is 6.08 Å². The maximum Gasteiger partial charge on any atom is 0.336 e. The summed E-state index contributed by atoms with van der Waals surface area (Å²) in [7, 11) is 0. The van der Waals surface area contributed by atoms with Gasteiger partial charge in [-0.1, -0.05) is 0 Å². The molecule has 4 nitrogen and oxygen atoms in total. The molecule has 0 amide bonds. The number of rotatable bonds is 2. The third kappa shape index (κ3) is 4.07. The van der Waals surface area contributed by atoms with E-state index < -0.39 is 25.8 Å². The molecule has 0 aromatic carbocycles. The molecule has 0 aliphatic rings. The van der Waals surface area contributed by atoms with Gasteiger partial charge in [-0.05, 0) is 6.92 Å². The highest BCUT2D eigenvalue weighted by Gasteiger charge is 1.96. The summed E-state index contributed by atoms with van der Waals surface area (Å²) in [4.78, 5) is 9.79. The van der Waals surface area contributed by atoms with Crippen molar-refractivity contribution >= 4 is 25.8 Å². The molecule has 0 saturated carbocycles. The zero-order chi connectivity index (χ0) is 7.44. The van der Waals surface area contributed by atoms with Crippen LogP contribution in [-0.4, -0.2) is 11.1 Å². The van der Waals surface area contributed by atoms with Gasteiger partial charge in [-0.15, -0.1) is 0 Å². The van der Waals surface area contributed by atoms with Crippen molar-refractivity contribution in [2.24, 2.45) is 0 Å². The Kier molecular flexibility index (Phi) is 3.36. The second kappa shape index (κ2) is 3.54. The summed E-state index contributed by atoms with van der Waals surface area (Å²) in [5.74, 6) is -1.22. The van der Waals surface area contributed by atoms with Crippen LogP contribution >= 0.6 is 19.8 Å². The minimum absolute atomic E-state index is 0.0494. The molecular weight excluding hydrogens is 239 g/mol. The lowest BCUT2D eigenvalue weighted by Crippen LogP contribution is -1.86. The molecule has 0 aliphatic carbocycles. The fourth-order valence-electron chi connectivity index (χ4n) is 0.215. The van der Waals surface area contributed by atoms with Crippen LogP contribution in [0.3, 0.4) is 0 Å². The van der Waals surface area contributed by atoms with Crippen molar-refractivity contribution in [2.75, 3.05) is 0 Å². The molecule has 9 heavy (non-hydrogen) atoms. The Balaban J connectivity index is 4.36. The van der Waals surface area contributed by atoms with E-state index in [4.69, 9.17) is 5.11 Å². The van der Waals surface area contributed by atoms with Crippen molar-refractivity contribution in [2.45, 2.75) is 6.92 Å². The molecule has 0 fully saturated rings. The van der Waals surface area contributed by atoms with Crippen molar-refractivity contribution in [1.82, 2.24) is 0 Å². The fourth-order valence-corrected chi connectivity index (χ4v) is 0.735. The van der Waals surface area contributed by atoms with Crippen LogP contribution in [0.2, 0.25) is 0 Å². The van der Waals surface area contributed by atoms with Gasteiger partial charge in [0.15, 0.2) is 0 Å². The van der Waals surface area contributed by atoms with E-state index in [-0.39, 0.29) is 3.58 Å². The normalized spacial score (nSPS) is 12.0. The largest absolute Gasteiger partial charge is 0.478 e. The Labute approximate surface area is 58.7 Å². The van der Waals surface area contributed by atoms with E-state index in [0.717, 1.165) is 0 Å². The van der Waals surface area contributed by atoms with Crippen LogP contribution in [0.1, 0.15) is 6.92 Å². The highest BCUT2D eigenvalue weighted by atomic mass is 127. The monoisotopic (exact) mass is 244 g/mol.